The van der Waals surface area contributed by atoms with Crippen molar-refractivity contribution in [2.24, 2.45) is 5.92 Å². The summed E-state index contributed by atoms with van der Waals surface area (Å²) in [7, 11) is 1.45. The third-order valence-electron chi connectivity index (χ3n) is 3.90. The van der Waals surface area contributed by atoms with E-state index in [1.807, 2.05) is 6.07 Å². The lowest BCUT2D eigenvalue weighted by molar-refractivity contribution is -0.0512. The highest BCUT2D eigenvalue weighted by atomic mass is 19.3. The molecule has 1 aromatic carbocycles. The fourth-order valence-electron chi connectivity index (χ4n) is 3.03. The van der Waals surface area contributed by atoms with Gasteiger partial charge < -0.3 is 14.8 Å². The van der Waals surface area contributed by atoms with Crippen LogP contribution in [0.15, 0.2) is 18.2 Å². The molecule has 0 spiro atoms. The van der Waals surface area contributed by atoms with Gasteiger partial charge in [-0.2, -0.15) is 8.78 Å². The molecule has 0 aliphatic carbocycles. The molecule has 21 heavy (non-hydrogen) atoms. The molecule has 1 aromatic rings. The second-order valence-electron chi connectivity index (χ2n) is 5.87. The number of methoxy groups -OCH3 is 1. The van der Waals surface area contributed by atoms with E-state index in [4.69, 9.17) is 4.74 Å². The number of rotatable bonds is 6. The van der Waals surface area contributed by atoms with Crippen LogP contribution in [-0.2, 0) is 0 Å². The maximum atomic E-state index is 12.5. The van der Waals surface area contributed by atoms with E-state index >= 15 is 0 Å². The lowest BCUT2D eigenvalue weighted by Crippen LogP contribution is -2.27. The third-order valence-corrected chi connectivity index (χ3v) is 3.90. The first-order valence-corrected chi connectivity index (χ1v) is 7.37. The molecule has 2 atom stereocenters. The van der Waals surface area contributed by atoms with Crippen molar-refractivity contribution >= 4 is 0 Å². The Morgan fingerprint density at radius 3 is 2.67 bits per heavy atom. The summed E-state index contributed by atoms with van der Waals surface area (Å²) in [6.45, 7) is 2.49. The van der Waals surface area contributed by atoms with Gasteiger partial charge in [0.05, 0.1) is 7.11 Å². The smallest absolute Gasteiger partial charge is 0.387 e. The fraction of sp³-hybridized carbons (Fsp3) is 0.625. The number of halogens is 2. The van der Waals surface area contributed by atoms with E-state index in [-0.39, 0.29) is 5.75 Å². The minimum absolute atomic E-state index is 0.111. The van der Waals surface area contributed by atoms with Crippen molar-refractivity contribution in [3.8, 4) is 11.5 Å². The van der Waals surface area contributed by atoms with E-state index in [1.54, 1.807) is 12.1 Å². The molecular weight excluding hydrogens is 276 g/mol. The van der Waals surface area contributed by atoms with Crippen molar-refractivity contribution < 1.29 is 18.3 Å². The molecule has 0 radical (unpaired) electrons. The Morgan fingerprint density at radius 1 is 1.29 bits per heavy atom. The standard InChI is InChI=1S/C16H23F2NO2/c1-10(2)8-13-12(6-7-19-13)11-4-5-14(20-3)15(9-11)21-16(17)18/h4-5,9-10,12-13,16,19H,6-8H2,1-3H3. The average molecular weight is 299 g/mol. The summed E-state index contributed by atoms with van der Waals surface area (Å²) in [6.07, 6.45) is 2.08. The number of benzene rings is 1. The molecule has 118 valence electrons. The maximum absolute atomic E-state index is 12.5. The van der Waals surface area contributed by atoms with Crippen LogP contribution in [0.5, 0.6) is 11.5 Å². The molecule has 0 bridgehead atoms. The summed E-state index contributed by atoms with van der Waals surface area (Å²) in [5.41, 5.74) is 1.03. The van der Waals surface area contributed by atoms with Crippen LogP contribution < -0.4 is 14.8 Å². The van der Waals surface area contributed by atoms with Gasteiger partial charge in [-0.3, -0.25) is 0 Å². The van der Waals surface area contributed by atoms with Gasteiger partial charge in [-0.15, -0.1) is 0 Å². The van der Waals surface area contributed by atoms with Crippen LogP contribution in [0.2, 0.25) is 0 Å². The fourth-order valence-corrected chi connectivity index (χ4v) is 3.03. The monoisotopic (exact) mass is 299 g/mol. The number of ether oxygens (including phenoxy) is 2. The molecule has 0 amide bonds. The van der Waals surface area contributed by atoms with Gasteiger partial charge in [0, 0.05) is 12.0 Å². The normalized spacial score (nSPS) is 22.0. The Labute approximate surface area is 124 Å². The zero-order valence-electron chi connectivity index (χ0n) is 12.7. The van der Waals surface area contributed by atoms with Gasteiger partial charge in [-0.25, -0.2) is 0 Å². The average Bonchev–Trinajstić information content (AvgIpc) is 2.85. The predicted octanol–water partition coefficient (Wildman–Crippen LogP) is 3.79. The molecule has 1 heterocycles. The van der Waals surface area contributed by atoms with Crippen LogP contribution in [0.25, 0.3) is 0 Å². The first-order chi connectivity index (χ1) is 10.0. The highest BCUT2D eigenvalue weighted by Crippen LogP contribution is 2.37. The van der Waals surface area contributed by atoms with Crippen LogP contribution in [0.1, 0.15) is 38.2 Å². The second kappa shape index (κ2) is 7.07. The van der Waals surface area contributed by atoms with Crippen LogP contribution in [0.3, 0.4) is 0 Å². The van der Waals surface area contributed by atoms with E-state index in [0.717, 1.165) is 24.9 Å². The topological polar surface area (TPSA) is 30.5 Å². The second-order valence-corrected chi connectivity index (χ2v) is 5.87. The number of nitrogens with one attached hydrogen (secondary N) is 1. The molecule has 1 aliphatic rings. The molecule has 2 unspecified atom stereocenters. The van der Waals surface area contributed by atoms with Crippen molar-refractivity contribution in [1.29, 1.82) is 0 Å². The van der Waals surface area contributed by atoms with Gasteiger partial charge in [0.15, 0.2) is 11.5 Å². The summed E-state index contributed by atoms with van der Waals surface area (Å²) < 4.78 is 34.7. The van der Waals surface area contributed by atoms with E-state index in [1.165, 1.54) is 7.11 Å². The SMILES string of the molecule is COc1ccc(C2CCNC2CC(C)C)cc1OC(F)F. The molecule has 0 aromatic heterocycles. The van der Waals surface area contributed by atoms with Gasteiger partial charge >= 0.3 is 6.61 Å². The quantitative estimate of drug-likeness (QED) is 0.867. The number of hydrogen-bond acceptors (Lipinski definition) is 3. The van der Waals surface area contributed by atoms with Crippen molar-refractivity contribution in [2.45, 2.75) is 45.3 Å². The lowest BCUT2D eigenvalue weighted by Gasteiger charge is -2.22. The highest BCUT2D eigenvalue weighted by Gasteiger charge is 2.29. The highest BCUT2D eigenvalue weighted by molar-refractivity contribution is 5.44. The summed E-state index contributed by atoms with van der Waals surface area (Å²) in [5, 5.41) is 3.51. The predicted molar refractivity (Wildman–Crippen MR) is 78.2 cm³/mol. The number of hydrogen-bond donors (Lipinski definition) is 1. The van der Waals surface area contributed by atoms with E-state index in [2.05, 4.69) is 23.9 Å². The Hall–Kier alpha value is -1.36. The summed E-state index contributed by atoms with van der Waals surface area (Å²) in [6, 6.07) is 5.73. The molecule has 1 saturated heterocycles. The van der Waals surface area contributed by atoms with Gasteiger partial charge in [-0.1, -0.05) is 19.9 Å². The molecule has 1 aliphatic heterocycles. The zero-order chi connectivity index (χ0) is 15.4. The zero-order valence-corrected chi connectivity index (χ0v) is 12.7. The Bertz CT molecular complexity index is 466. The van der Waals surface area contributed by atoms with Crippen LogP contribution in [0.4, 0.5) is 8.78 Å². The van der Waals surface area contributed by atoms with Gasteiger partial charge in [0.2, 0.25) is 0 Å². The maximum Gasteiger partial charge on any atom is 0.387 e. The minimum Gasteiger partial charge on any atom is -0.493 e. The van der Waals surface area contributed by atoms with E-state index < -0.39 is 6.61 Å². The van der Waals surface area contributed by atoms with Crippen molar-refractivity contribution in [3.63, 3.8) is 0 Å². The first-order valence-electron chi connectivity index (χ1n) is 7.37. The third kappa shape index (κ3) is 4.06. The van der Waals surface area contributed by atoms with Crippen LogP contribution >= 0.6 is 0 Å². The Balaban J connectivity index is 2.22. The van der Waals surface area contributed by atoms with Crippen molar-refractivity contribution in [1.82, 2.24) is 5.32 Å². The van der Waals surface area contributed by atoms with Gasteiger partial charge in [-0.05, 0) is 43.0 Å². The van der Waals surface area contributed by atoms with Gasteiger partial charge in [0.25, 0.3) is 0 Å². The van der Waals surface area contributed by atoms with Crippen LogP contribution in [-0.4, -0.2) is 26.3 Å². The summed E-state index contributed by atoms with van der Waals surface area (Å²) in [4.78, 5) is 0. The van der Waals surface area contributed by atoms with Crippen molar-refractivity contribution in [2.75, 3.05) is 13.7 Å². The van der Waals surface area contributed by atoms with Gasteiger partial charge in [0.1, 0.15) is 0 Å². The molecule has 1 fully saturated rings. The molecule has 0 saturated carbocycles. The van der Waals surface area contributed by atoms with E-state index in [0.29, 0.717) is 23.6 Å². The van der Waals surface area contributed by atoms with Crippen molar-refractivity contribution in [3.05, 3.63) is 23.8 Å². The van der Waals surface area contributed by atoms with Crippen LogP contribution in [0, 0.1) is 5.92 Å². The molecule has 3 nitrogen and oxygen atoms in total. The molecule has 5 heteroatoms. The number of alkyl halides is 2. The van der Waals surface area contributed by atoms with E-state index in [9.17, 15) is 8.78 Å². The largest absolute Gasteiger partial charge is 0.493 e. The first kappa shape index (κ1) is 16.0. The molecule has 2 rings (SSSR count). The Kier molecular flexibility index (Phi) is 5.39. The molecular formula is C16H23F2NO2. The Morgan fingerprint density at radius 2 is 2.05 bits per heavy atom. The summed E-state index contributed by atoms with van der Waals surface area (Å²) >= 11 is 0. The lowest BCUT2D eigenvalue weighted by atomic mass is 9.87. The summed E-state index contributed by atoms with van der Waals surface area (Å²) in [5.74, 6) is 1.38. The minimum atomic E-state index is -2.85. The molecule has 1 N–H and O–H groups in total.